The number of rotatable bonds is 1. The van der Waals surface area contributed by atoms with E-state index in [1.807, 2.05) is 0 Å². The van der Waals surface area contributed by atoms with Gasteiger partial charge in [-0.2, -0.15) is 10.2 Å². The van der Waals surface area contributed by atoms with E-state index in [2.05, 4.69) is 39.8 Å². The highest BCUT2D eigenvalue weighted by molar-refractivity contribution is 5.95. The molecule has 0 aromatic carbocycles. The van der Waals surface area contributed by atoms with E-state index in [-0.39, 0.29) is 23.0 Å². The van der Waals surface area contributed by atoms with Crippen molar-refractivity contribution in [1.82, 2.24) is 0 Å². The average molecular weight is 573 g/mol. The minimum atomic E-state index is -0.216. The van der Waals surface area contributed by atoms with Crippen LogP contribution in [0.4, 0.5) is 0 Å². The lowest BCUT2D eigenvalue weighted by Crippen LogP contribution is -2.50. The van der Waals surface area contributed by atoms with Gasteiger partial charge in [0.1, 0.15) is 0 Å². The van der Waals surface area contributed by atoms with Gasteiger partial charge < -0.3 is 10.2 Å². The standard InChI is InChI=1S/C38H56N2O2/c1-35-17-13-25(41)21-23(35)5-7-27-29-9-11-33(37(29,3)19-15-31(27)35)39-40-34-12-10-30-28-8-6-24-22-26(42)14-18-36(24,2)32(28)16-20-38(30,34)4/h5,22,25-32,41-42H,6-21H2,1-4H3/b39-33-,40-34-/t25-,26-,27-,28+,29+,30-,31-,32-,35+,36+,37+,38+/m1/s1. The Balaban J connectivity index is 1.02. The minimum Gasteiger partial charge on any atom is -0.393 e. The maximum absolute atomic E-state index is 10.4. The van der Waals surface area contributed by atoms with Gasteiger partial charge in [-0.25, -0.2) is 0 Å². The molecule has 12 atom stereocenters. The molecule has 0 amide bonds. The van der Waals surface area contributed by atoms with Crippen molar-refractivity contribution in [3.05, 3.63) is 23.3 Å². The van der Waals surface area contributed by atoms with Gasteiger partial charge in [0.15, 0.2) is 0 Å². The van der Waals surface area contributed by atoms with Gasteiger partial charge in [-0.3, -0.25) is 0 Å². The molecule has 6 saturated carbocycles. The van der Waals surface area contributed by atoms with Gasteiger partial charge >= 0.3 is 0 Å². The van der Waals surface area contributed by atoms with Crippen LogP contribution in [0.15, 0.2) is 33.5 Å². The summed E-state index contributed by atoms with van der Waals surface area (Å²) in [6, 6.07) is 0. The lowest BCUT2D eigenvalue weighted by molar-refractivity contribution is -0.0250. The molecule has 0 spiro atoms. The van der Waals surface area contributed by atoms with E-state index in [1.165, 1.54) is 82.1 Å². The molecule has 4 heteroatoms. The van der Waals surface area contributed by atoms with Crippen molar-refractivity contribution in [3.63, 3.8) is 0 Å². The number of hydrogen-bond donors (Lipinski definition) is 2. The maximum atomic E-state index is 10.4. The first-order chi connectivity index (χ1) is 20.1. The van der Waals surface area contributed by atoms with E-state index in [9.17, 15) is 10.2 Å². The molecule has 0 aliphatic heterocycles. The molecule has 8 rings (SSSR count). The number of aliphatic hydroxyl groups is 2. The maximum Gasteiger partial charge on any atom is 0.0724 e. The van der Waals surface area contributed by atoms with Gasteiger partial charge in [0.25, 0.3) is 0 Å². The number of allylic oxidation sites excluding steroid dienone is 2. The second-order valence-electron chi connectivity index (χ2n) is 17.4. The van der Waals surface area contributed by atoms with Crippen molar-refractivity contribution in [2.75, 3.05) is 0 Å². The smallest absolute Gasteiger partial charge is 0.0724 e. The van der Waals surface area contributed by atoms with Gasteiger partial charge in [-0.15, -0.1) is 0 Å². The third-order valence-corrected chi connectivity index (χ3v) is 15.9. The number of fused-ring (bicyclic) bond motifs is 10. The van der Waals surface area contributed by atoms with E-state index >= 15 is 0 Å². The second-order valence-corrected chi connectivity index (χ2v) is 17.4. The average Bonchev–Trinajstić information content (AvgIpc) is 3.48. The molecular formula is C38H56N2O2. The first-order valence-electron chi connectivity index (χ1n) is 18.0. The van der Waals surface area contributed by atoms with E-state index in [0.717, 1.165) is 67.6 Å². The van der Waals surface area contributed by atoms with Gasteiger partial charge in [0.2, 0.25) is 0 Å². The summed E-state index contributed by atoms with van der Waals surface area (Å²) in [5.74, 6) is 4.61. The monoisotopic (exact) mass is 572 g/mol. The zero-order valence-electron chi connectivity index (χ0n) is 26.9. The molecule has 0 bridgehead atoms. The Morgan fingerprint density at radius 2 is 1.14 bits per heavy atom. The first-order valence-corrected chi connectivity index (χ1v) is 18.0. The summed E-state index contributed by atoms with van der Waals surface area (Å²) < 4.78 is 0. The highest BCUT2D eigenvalue weighted by Crippen LogP contribution is 2.66. The van der Waals surface area contributed by atoms with Crippen molar-refractivity contribution < 1.29 is 10.2 Å². The van der Waals surface area contributed by atoms with Crippen LogP contribution in [0.1, 0.15) is 130 Å². The molecule has 8 aliphatic rings. The summed E-state index contributed by atoms with van der Waals surface area (Å²) in [5, 5.41) is 31.2. The van der Waals surface area contributed by atoms with Crippen LogP contribution in [0.3, 0.4) is 0 Å². The molecule has 2 N–H and O–H groups in total. The van der Waals surface area contributed by atoms with Gasteiger partial charge in [0.05, 0.1) is 12.2 Å². The van der Waals surface area contributed by atoms with E-state index in [4.69, 9.17) is 10.2 Å². The fourth-order valence-electron chi connectivity index (χ4n) is 13.4. The summed E-state index contributed by atoms with van der Waals surface area (Å²) >= 11 is 0. The summed E-state index contributed by atoms with van der Waals surface area (Å²) in [6.07, 6.45) is 23.3. The molecule has 0 heterocycles. The molecule has 0 aromatic heterocycles. The van der Waals surface area contributed by atoms with Gasteiger partial charge in [0, 0.05) is 22.3 Å². The number of hydrogen-bond acceptors (Lipinski definition) is 4. The minimum absolute atomic E-state index is 0.122. The fourth-order valence-corrected chi connectivity index (χ4v) is 13.4. The van der Waals surface area contributed by atoms with Crippen LogP contribution in [0.25, 0.3) is 0 Å². The topological polar surface area (TPSA) is 65.2 Å². The molecule has 0 unspecified atom stereocenters. The van der Waals surface area contributed by atoms with Crippen LogP contribution in [-0.2, 0) is 0 Å². The first kappa shape index (κ1) is 28.2. The van der Waals surface area contributed by atoms with Crippen LogP contribution in [-0.4, -0.2) is 33.8 Å². The zero-order chi connectivity index (χ0) is 29.1. The summed E-state index contributed by atoms with van der Waals surface area (Å²) in [6.45, 7) is 10.2. The zero-order valence-corrected chi connectivity index (χ0v) is 26.9. The molecule has 4 nitrogen and oxygen atoms in total. The van der Waals surface area contributed by atoms with E-state index < -0.39 is 0 Å². The molecule has 0 aromatic rings. The Kier molecular flexibility index (Phi) is 6.47. The van der Waals surface area contributed by atoms with Crippen LogP contribution >= 0.6 is 0 Å². The third kappa shape index (κ3) is 3.85. The van der Waals surface area contributed by atoms with Crippen LogP contribution < -0.4 is 0 Å². The predicted octanol–water partition coefficient (Wildman–Crippen LogP) is 8.43. The molecular weight excluding hydrogens is 516 g/mol. The molecule has 0 saturated heterocycles. The largest absolute Gasteiger partial charge is 0.393 e. The van der Waals surface area contributed by atoms with Gasteiger partial charge in [-0.05, 0) is 149 Å². The highest BCUT2D eigenvalue weighted by Gasteiger charge is 2.60. The van der Waals surface area contributed by atoms with E-state index in [0.29, 0.717) is 10.8 Å². The summed E-state index contributed by atoms with van der Waals surface area (Å²) in [4.78, 5) is 0. The fraction of sp³-hybridized carbons (Fsp3) is 0.842. The molecule has 230 valence electrons. The Morgan fingerprint density at radius 1 is 0.595 bits per heavy atom. The van der Waals surface area contributed by atoms with Crippen molar-refractivity contribution in [2.24, 2.45) is 67.4 Å². The molecule has 6 fully saturated rings. The summed E-state index contributed by atoms with van der Waals surface area (Å²) in [5.41, 5.74) is 7.02. The second kappa shape index (κ2) is 9.62. The third-order valence-electron chi connectivity index (χ3n) is 15.9. The van der Waals surface area contributed by atoms with Crippen molar-refractivity contribution in [2.45, 2.75) is 143 Å². The Morgan fingerprint density at radius 3 is 1.83 bits per heavy atom. The quantitative estimate of drug-likeness (QED) is 0.245. The van der Waals surface area contributed by atoms with Crippen LogP contribution in [0.2, 0.25) is 0 Å². The SMILES string of the molecule is C[C@]12CC[C@@H](O)C=C1CC[C@@H]1[C@H]2CC[C@]2(C)/C(=N\N=C3\CC[C@H]4[C@H]5CC=C6C[C@H](O)CC[C@]6(C)[C@@H]5CC[C@]34C)CC[C@H]12. The normalized spacial score (nSPS) is 55.1. The molecule has 0 radical (unpaired) electrons. The van der Waals surface area contributed by atoms with Crippen molar-refractivity contribution in [1.29, 1.82) is 0 Å². The van der Waals surface area contributed by atoms with E-state index in [1.54, 1.807) is 11.1 Å². The lowest BCUT2D eigenvalue weighted by Gasteiger charge is -2.57. The molecule has 42 heavy (non-hydrogen) atoms. The van der Waals surface area contributed by atoms with Crippen molar-refractivity contribution >= 4 is 11.4 Å². The number of nitrogens with zero attached hydrogens (tertiary/aromatic N) is 2. The van der Waals surface area contributed by atoms with Crippen LogP contribution in [0.5, 0.6) is 0 Å². The predicted molar refractivity (Wildman–Crippen MR) is 170 cm³/mol. The number of aliphatic hydroxyl groups excluding tert-OH is 2. The van der Waals surface area contributed by atoms with Crippen molar-refractivity contribution in [3.8, 4) is 0 Å². The lowest BCUT2D eigenvalue weighted by atomic mass is 9.47. The Hall–Kier alpha value is -1.26. The summed E-state index contributed by atoms with van der Waals surface area (Å²) in [7, 11) is 0. The molecule has 8 aliphatic carbocycles. The Labute approximate surface area is 254 Å². The Bertz CT molecular complexity index is 1260. The highest BCUT2D eigenvalue weighted by atomic mass is 16.3. The van der Waals surface area contributed by atoms with Gasteiger partial charge in [-0.1, -0.05) is 51.0 Å². The van der Waals surface area contributed by atoms with Crippen LogP contribution in [0, 0.1) is 57.2 Å².